The van der Waals surface area contributed by atoms with Gasteiger partial charge in [0.1, 0.15) is 0 Å². The van der Waals surface area contributed by atoms with Gasteiger partial charge in [-0.25, -0.2) is 0 Å². The van der Waals surface area contributed by atoms with Gasteiger partial charge in [0, 0.05) is 18.0 Å². The topological polar surface area (TPSA) is 29.3 Å². The normalized spacial score (nSPS) is 19.0. The molecular formula is C15H16N2OS. The largest absolute Gasteiger partial charge is 0.356 e. The number of thioether (sulfide) groups is 1. The van der Waals surface area contributed by atoms with Gasteiger partial charge in [0.05, 0.1) is 16.5 Å². The molecule has 1 aromatic carbocycles. The van der Waals surface area contributed by atoms with Crippen LogP contribution in [0, 0.1) is 5.92 Å². The van der Waals surface area contributed by atoms with Crippen LogP contribution in [0.25, 0.3) is 4.91 Å². The molecule has 1 aliphatic heterocycles. The molecule has 3 nitrogen and oxygen atoms in total. The summed E-state index contributed by atoms with van der Waals surface area (Å²) >= 11 is 1.83. The Bertz CT molecular complexity index is 563. The van der Waals surface area contributed by atoms with E-state index in [1.54, 1.807) is 6.20 Å². The molecule has 2 aromatic rings. The Balaban J connectivity index is 1.95. The van der Waals surface area contributed by atoms with E-state index in [0.29, 0.717) is 11.3 Å². The van der Waals surface area contributed by atoms with Crippen molar-refractivity contribution in [3.8, 4) is 0 Å². The molecule has 0 spiro atoms. The molecule has 1 unspecified atom stereocenters. The third-order valence-corrected chi connectivity index (χ3v) is 4.66. The fourth-order valence-electron chi connectivity index (χ4n) is 2.16. The third kappa shape index (κ3) is 2.40. The predicted octanol–water partition coefficient (Wildman–Crippen LogP) is 4.21. The minimum atomic E-state index is 0.391. The molecule has 0 aliphatic carbocycles. The molecule has 0 saturated heterocycles. The SMILES string of the molecule is CC(C)C1SC(c2ccno2)=CN1c1ccccc1. The van der Waals surface area contributed by atoms with E-state index in [1.165, 1.54) is 5.69 Å². The maximum atomic E-state index is 5.26. The van der Waals surface area contributed by atoms with Crippen LogP contribution < -0.4 is 4.90 Å². The summed E-state index contributed by atoms with van der Waals surface area (Å²) < 4.78 is 5.26. The molecule has 19 heavy (non-hydrogen) atoms. The molecule has 0 radical (unpaired) electrons. The zero-order valence-electron chi connectivity index (χ0n) is 11.0. The van der Waals surface area contributed by atoms with Gasteiger partial charge in [-0.3, -0.25) is 0 Å². The van der Waals surface area contributed by atoms with Gasteiger partial charge in [0.15, 0.2) is 5.76 Å². The van der Waals surface area contributed by atoms with Crippen molar-refractivity contribution in [2.75, 3.05) is 4.90 Å². The minimum absolute atomic E-state index is 0.391. The smallest absolute Gasteiger partial charge is 0.174 e. The molecule has 2 heterocycles. The van der Waals surface area contributed by atoms with Crippen molar-refractivity contribution < 1.29 is 4.52 Å². The van der Waals surface area contributed by atoms with Crippen molar-refractivity contribution in [2.45, 2.75) is 19.2 Å². The molecule has 4 heteroatoms. The lowest BCUT2D eigenvalue weighted by Gasteiger charge is -2.27. The standard InChI is InChI=1S/C15H16N2OS/c1-11(2)15-17(12-6-4-3-5-7-12)10-14(19-15)13-8-9-16-18-13/h3-11,15H,1-2H3. The number of rotatable bonds is 3. The van der Waals surface area contributed by atoms with Crippen LogP contribution >= 0.6 is 11.8 Å². The van der Waals surface area contributed by atoms with Gasteiger partial charge in [-0.1, -0.05) is 49.0 Å². The van der Waals surface area contributed by atoms with Crippen LogP contribution in [0.1, 0.15) is 19.6 Å². The Morgan fingerprint density at radius 3 is 2.63 bits per heavy atom. The zero-order valence-corrected chi connectivity index (χ0v) is 11.8. The Morgan fingerprint density at radius 2 is 2.00 bits per heavy atom. The maximum absolute atomic E-state index is 5.26. The first-order valence-electron chi connectivity index (χ1n) is 6.38. The summed E-state index contributed by atoms with van der Waals surface area (Å²) in [4.78, 5) is 3.45. The van der Waals surface area contributed by atoms with E-state index < -0.39 is 0 Å². The summed E-state index contributed by atoms with van der Waals surface area (Å²) in [6, 6.07) is 12.4. The first-order chi connectivity index (χ1) is 9.25. The van der Waals surface area contributed by atoms with Gasteiger partial charge >= 0.3 is 0 Å². The highest BCUT2D eigenvalue weighted by Crippen LogP contribution is 2.44. The minimum Gasteiger partial charge on any atom is -0.356 e. The van der Waals surface area contributed by atoms with Crippen LogP contribution in [0.15, 0.2) is 53.3 Å². The van der Waals surface area contributed by atoms with Crippen LogP contribution in [0.5, 0.6) is 0 Å². The quantitative estimate of drug-likeness (QED) is 0.837. The molecule has 3 rings (SSSR count). The first kappa shape index (κ1) is 12.4. The second kappa shape index (κ2) is 5.13. The van der Waals surface area contributed by atoms with Gasteiger partial charge in [-0.15, -0.1) is 0 Å². The summed E-state index contributed by atoms with van der Waals surface area (Å²) in [5.74, 6) is 1.39. The number of nitrogens with zero attached hydrogens (tertiary/aromatic N) is 2. The third-order valence-electron chi connectivity index (χ3n) is 3.08. The van der Waals surface area contributed by atoms with E-state index in [4.69, 9.17) is 4.52 Å². The molecule has 0 bridgehead atoms. The van der Waals surface area contributed by atoms with Crippen molar-refractivity contribution in [1.29, 1.82) is 0 Å². The van der Waals surface area contributed by atoms with E-state index in [2.05, 4.69) is 54.4 Å². The summed E-state index contributed by atoms with van der Waals surface area (Å²) in [5.41, 5.74) is 1.21. The molecule has 1 aromatic heterocycles. The molecule has 0 N–H and O–H groups in total. The van der Waals surface area contributed by atoms with E-state index in [-0.39, 0.29) is 0 Å². The molecular weight excluding hydrogens is 256 g/mol. The number of hydrogen-bond acceptors (Lipinski definition) is 4. The second-order valence-electron chi connectivity index (χ2n) is 4.87. The fraction of sp³-hybridized carbons (Fsp3) is 0.267. The summed E-state index contributed by atoms with van der Waals surface area (Å²) in [6.45, 7) is 4.48. The molecule has 1 atom stereocenters. The van der Waals surface area contributed by atoms with E-state index in [9.17, 15) is 0 Å². The fourth-order valence-corrected chi connectivity index (χ4v) is 3.38. The van der Waals surface area contributed by atoms with Gasteiger partial charge in [-0.2, -0.15) is 0 Å². The van der Waals surface area contributed by atoms with Gasteiger partial charge in [0.25, 0.3) is 0 Å². The van der Waals surface area contributed by atoms with Crippen LogP contribution in [-0.4, -0.2) is 10.5 Å². The molecule has 1 aliphatic rings. The first-order valence-corrected chi connectivity index (χ1v) is 7.26. The lowest BCUT2D eigenvalue weighted by Crippen LogP contribution is -2.28. The highest BCUT2D eigenvalue weighted by atomic mass is 32.2. The molecule has 98 valence electrons. The predicted molar refractivity (Wildman–Crippen MR) is 79.6 cm³/mol. The Kier molecular flexibility index (Phi) is 3.34. The van der Waals surface area contributed by atoms with Gasteiger partial charge < -0.3 is 9.42 Å². The average molecular weight is 272 g/mol. The highest BCUT2D eigenvalue weighted by Gasteiger charge is 2.30. The van der Waals surface area contributed by atoms with E-state index in [1.807, 2.05) is 23.9 Å². The molecule has 0 fully saturated rings. The molecule has 0 saturated carbocycles. The Morgan fingerprint density at radius 1 is 1.21 bits per heavy atom. The Labute approximate surface area is 117 Å². The van der Waals surface area contributed by atoms with Crippen molar-refractivity contribution in [3.05, 3.63) is 54.6 Å². The number of anilines is 1. The second-order valence-corrected chi connectivity index (χ2v) is 6.02. The lowest BCUT2D eigenvalue weighted by atomic mass is 10.2. The summed E-state index contributed by atoms with van der Waals surface area (Å²) in [6.07, 6.45) is 3.84. The lowest BCUT2D eigenvalue weighted by molar-refractivity contribution is 0.412. The average Bonchev–Trinajstić information content (AvgIpc) is 3.08. The van der Waals surface area contributed by atoms with Crippen LogP contribution in [0.4, 0.5) is 5.69 Å². The number of para-hydroxylation sites is 1. The number of benzene rings is 1. The van der Waals surface area contributed by atoms with Crippen molar-refractivity contribution in [1.82, 2.24) is 5.16 Å². The number of aromatic nitrogens is 1. The summed E-state index contributed by atoms with van der Waals surface area (Å²) in [7, 11) is 0. The maximum Gasteiger partial charge on any atom is 0.174 e. The van der Waals surface area contributed by atoms with Gasteiger partial charge in [0.2, 0.25) is 0 Å². The monoisotopic (exact) mass is 272 g/mol. The van der Waals surface area contributed by atoms with E-state index in [0.717, 1.165) is 10.7 Å². The number of hydrogen-bond donors (Lipinski definition) is 0. The molecule has 0 amide bonds. The van der Waals surface area contributed by atoms with Crippen LogP contribution in [0.2, 0.25) is 0 Å². The van der Waals surface area contributed by atoms with Crippen molar-refractivity contribution >= 4 is 22.4 Å². The van der Waals surface area contributed by atoms with Crippen molar-refractivity contribution in [3.63, 3.8) is 0 Å². The van der Waals surface area contributed by atoms with Crippen LogP contribution in [-0.2, 0) is 0 Å². The van der Waals surface area contributed by atoms with Crippen molar-refractivity contribution in [2.24, 2.45) is 5.92 Å². The highest BCUT2D eigenvalue weighted by molar-refractivity contribution is 8.09. The van der Waals surface area contributed by atoms with Crippen LogP contribution in [0.3, 0.4) is 0 Å². The van der Waals surface area contributed by atoms with Gasteiger partial charge in [-0.05, 0) is 18.1 Å². The Hall–Kier alpha value is -1.68. The zero-order chi connectivity index (χ0) is 13.2. The van der Waals surface area contributed by atoms with E-state index >= 15 is 0 Å². The summed E-state index contributed by atoms with van der Waals surface area (Å²) in [5, 5.41) is 4.18.